The molecule has 0 saturated heterocycles. The van der Waals surface area contributed by atoms with Crippen LogP contribution in [0, 0.1) is 13.8 Å². The van der Waals surface area contributed by atoms with Gasteiger partial charge in [0.05, 0.1) is 23.8 Å². The smallest absolute Gasteiger partial charge is 0.191 e. The number of hydrogen-bond acceptors (Lipinski definition) is 4. The van der Waals surface area contributed by atoms with Gasteiger partial charge in [0.2, 0.25) is 0 Å². The lowest BCUT2D eigenvalue weighted by Crippen LogP contribution is -2.41. The molecule has 2 N–H and O–H groups in total. The van der Waals surface area contributed by atoms with Crippen molar-refractivity contribution in [3.05, 3.63) is 45.9 Å². The molecule has 5 nitrogen and oxygen atoms in total. The number of aryl methyl sites for hydroxylation is 2. The quantitative estimate of drug-likeness (QED) is 0.363. The van der Waals surface area contributed by atoms with E-state index in [9.17, 15) is 0 Å². The van der Waals surface area contributed by atoms with Crippen molar-refractivity contribution in [1.29, 1.82) is 0 Å². The Bertz CT molecular complexity index is 660. The summed E-state index contributed by atoms with van der Waals surface area (Å²) >= 11 is 1.70. The third-order valence-electron chi connectivity index (χ3n) is 3.36. The third kappa shape index (κ3) is 7.60. The molecule has 0 fully saturated rings. The summed E-state index contributed by atoms with van der Waals surface area (Å²) in [6, 6.07) is 9.85. The van der Waals surface area contributed by atoms with Crippen molar-refractivity contribution in [2.75, 3.05) is 13.1 Å². The Kier molecular flexibility index (Phi) is 9.81. The summed E-state index contributed by atoms with van der Waals surface area (Å²) in [4.78, 5) is 10.3. The van der Waals surface area contributed by atoms with Gasteiger partial charge in [0.1, 0.15) is 11.9 Å². The van der Waals surface area contributed by atoms with E-state index in [2.05, 4.69) is 27.5 Å². The Morgan fingerprint density at radius 3 is 2.56 bits per heavy atom. The van der Waals surface area contributed by atoms with Crippen molar-refractivity contribution in [2.24, 2.45) is 4.99 Å². The average molecular weight is 474 g/mol. The van der Waals surface area contributed by atoms with E-state index >= 15 is 0 Å². The molecule has 2 aromatic rings. The standard InChI is InChI=1S/C18H26N4OS.HI/c1-5-19-18(21-12-17-14(3)22-15(4)24-17)20-11-13(2)23-16-9-7-6-8-10-16;/h6-10,13H,5,11-12H2,1-4H3,(H2,19,20,21);1H. The fourth-order valence-electron chi connectivity index (χ4n) is 2.23. The Hall–Kier alpha value is -1.35. The van der Waals surface area contributed by atoms with Crippen LogP contribution < -0.4 is 15.4 Å². The van der Waals surface area contributed by atoms with Crippen LogP contribution in [0.3, 0.4) is 0 Å². The molecule has 1 aromatic carbocycles. The van der Waals surface area contributed by atoms with Crippen LogP contribution in [0.25, 0.3) is 0 Å². The van der Waals surface area contributed by atoms with Crippen LogP contribution in [-0.4, -0.2) is 30.1 Å². The fourth-order valence-corrected chi connectivity index (χ4v) is 3.09. The Morgan fingerprint density at radius 2 is 1.96 bits per heavy atom. The first-order valence-electron chi connectivity index (χ1n) is 8.25. The highest BCUT2D eigenvalue weighted by atomic mass is 127. The van der Waals surface area contributed by atoms with E-state index < -0.39 is 0 Å². The second-order valence-electron chi connectivity index (χ2n) is 5.56. The zero-order chi connectivity index (χ0) is 17.4. The number of thiazole rings is 1. The summed E-state index contributed by atoms with van der Waals surface area (Å²) in [5.41, 5.74) is 1.07. The molecule has 138 valence electrons. The lowest BCUT2D eigenvalue weighted by molar-refractivity contribution is 0.224. The number of hydrogen-bond donors (Lipinski definition) is 2. The van der Waals surface area contributed by atoms with E-state index in [1.807, 2.05) is 51.1 Å². The van der Waals surface area contributed by atoms with Crippen LogP contribution in [0.1, 0.15) is 29.4 Å². The highest BCUT2D eigenvalue weighted by Crippen LogP contribution is 2.17. The van der Waals surface area contributed by atoms with E-state index in [4.69, 9.17) is 4.74 Å². The maximum Gasteiger partial charge on any atom is 0.191 e. The Balaban J connectivity index is 0.00000312. The van der Waals surface area contributed by atoms with E-state index in [-0.39, 0.29) is 30.1 Å². The van der Waals surface area contributed by atoms with Gasteiger partial charge in [-0.2, -0.15) is 0 Å². The minimum atomic E-state index is 0. The van der Waals surface area contributed by atoms with Crippen molar-refractivity contribution in [3.8, 4) is 5.75 Å². The molecule has 0 amide bonds. The molecule has 25 heavy (non-hydrogen) atoms. The van der Waals surface area contributed by atoms with Gasteiger partial charge in [-0.05, 0) is 39.8 Å². The molecule has 0 aliphatic heterocycles. The highest BCUT2D eigenvalue weighted by Gasteiger charge is 2.07. The first-order valence-corrected chi connectivity index (χ1v) is 9.07. The molecule has 0 bridgehead atoms. The molecule has 0 spiro atoms. The zero-order valence-corrected chi connectivity index (χ0v) is 18.4. The maximum absolute atomic E-state index is 5.87. The summed E-state index contributed by atoms with van der Waals surface area (Å²) in [6.45, 7) is 10.3. The number of guanidine groups is 1. The number of halogens is 1. The summed E-state index contributed by atoms with van der Waals surface area (Å²) in [5.74, 6) is 1.68. The molecule has 1 atom stereocenters. The second kappa shape index (κ2) is 11.3. The predicted octanol–water partition coefficient (Wildman–Crippen LogP) is 3.90. The summed E-state index contributed by atoms with van der Waals surface area (Å²) in [7, 11) is 0. The third-order valence-corrected chi connectivity index (χ3v) is 4.42. The molecular formula is C18H27IN4OS. The molecular weight excluding hydrogens is 447 g/mol. The van der Waals surface area contributed by atoms with Crippen LogP contribution in [0.2, 0.25) is 0 Å². The lowest BCUT2D eigenvalue weighted by Gasteiger charge is -2.17. The zero-order valence-electron chi connectivity index (χ0n) is 15.2. The van der Waals surface area contributed by atoms with Crippen LogP contribution in [0.15, 0.2) is 35.3 Å². The van der Waals surface area contributed by atoms with Crippen molar-refractivity contribution in [1.82, 2.24) is 15.6 Å². The van der Waals surface area contributed by atoms with Crippen molar-refractivity contribution in [2.45, 2.75) is 40.3 Å². The van der Waals surface area contributed by atoms with Crippen LogP contribution >= 0.6 is 35.3 Å². The van der Waals surface area contributed by atoms with Gasteiger partial charge in [-0.15, -0.1) is 35.3 Å². The SMILES string of the molecule is CCNC(=NCc1sc(C)nc1C)NCC(C)Oc1ccccc1.I. The normalized spacial score (nSPS) is 12.2. The molecule has 0 aliphatic carbocycles. The van der Waals surface area contributed by atoms with Gasteiger partial charge in [0.25, 0.3) is 0 Å². The van der Waals surface area contributed by atoms with Gasteiger partial charge >= 0.3 is 0 Å². The lowest BCUT2D eigenvalue weighted by atomic mass is 10.3. The Morgan fingerprint density at radius 1 is 1.24 bits per heavy atom. The first kappa shape index (κ1) is 21.7. The van der Waals surface area contributed by atoms with Gasteiger partial charge in [0.15, 0.2) is 5.96 Å². The fraction of sp³-hybridized carbons (Fsp3) is 0.444. The second-order valence-corrected chi connectivity index (χ2v) is 6.85. The number of nitrogens with zero attached hydrogens (tertiary/aromatic N) is 2. The van der Waals surface area contributed by atoms with Gasteiger partial charge < -0.3 is 15.4 Å². The van der Waals surface area contributed by atoms with Gasteiger partial charge in [0, 0.05) is 11.4 Å². The van der Waals surface area contributed by atoms with E-state index in [0.29, 0.717) is 13.1 Å². The number of rotatable bonds is 7. The minimum absolute atomic E-state index is 0. The van der Waals surface area contributed by atoms with E-state index in [0.717, 1.165) is 29.0 Å². The van der Waals surface area contributed by atoms with E-state index in [1.165, 1.54) is 4.88 Å². The number of aliphatic imine (C=N–C) groups is 1. The number of para-hydroxylation sites is 1. The summed E-state index contributed by atoms with van der Waals surface area (Å²) in [5, 5.41) is 7.69. The number of aromatic nitrogens is 1. The van der Waals surface area contributed by atoms with Crippen molar-refractivity contribution < 1.29 is 4.74 Å². The average Bonchev–Trinajstić information content (AvgIpc) is 2.88. The number of benzene rings is 1. The van der Waals surface area contributed by atoms with Crippen LogP contribution in [-0.2, 0) is 6.54 Å². The topological polar surface area (TPSA) is 58.5 Å². The monoisotopic (exact) mass is 474 g/mol. The minimum Gasteiger partial charge on any atom is -0.489 e. The molecule has 0 radical (unpaired) electrons. The maximum atomic E-state index is 5.87. The molecule has 1 unspecified atom stereocenters. The molecule has 1 heterocycles. The van der Waals surface area contributed by atoms with Crippen LogP contribution in [0.5, 0.6) is 5.75 Å². The van der Waals surface area contributed by atoms with Crippen molar-refractivity contribution >= 4 is 41.3 Å². The molecule has 7 heteroatoms. The van der Waals surface area contributed by atoms with Gasteiger partial charge in [-0.1, -0.05) is 18.2 Å². The van der Waals surface area contributed by atoms with Crippen molar-refractivity contribution in [3.63, 3.8) is 0 Å². The number of nitrogens with one attached hydrogen (secondary N) is 2. The summed E-state index contributed by atoms with van der Waals surface area (Å²) < 4.78 is 5.87. The highest BCUT2D eigenvalue weighted by molar-refractivity contribution is 14.0. The first-order chi connectivity index (χ1) is 11.6. The largest absolute Gasteiger partial charge is 0.489 e. The predicted molar refractivity (Wildman–Crippen MR) is 116 cm³/mol. The molecule has 0 saturated carbocycles. The van der Waals surface area contributed by atoms with E-state index in [1.54, 1.807) is 11.3 Å². The van der Waals surface area contributed by atoms with Gasteiger partial charge in [-0.3, -0.25) is 0 Å². The van der Waals surface area contributed by atoms with Gasteiger partial charge in [-0.25, -0.2) is 9.98 Å². The number of ether oxygens (including phenoxy) is 1. The molecule has 1 aromatic heterocycles. The van der Waals surface area contributed by atoms with Crippen LogP contribution in [0.4, 0.5) is 0 Å². The molecule has 0 aliphatic rings. The Labute approximate surface area is 171 Å². The summed E-state index contributed by atoms with van der Waals surface area (Å²) in [6.07, 6.45) is 0.0450. The molecule has 2 rings (SSSR count).